The molecule has 0 bridgehead atoms. The summed E-state index contributed by atoms with van der Waals surface area (Å²) in [6, 6.07) is 9.85. The van der Waals surface area contributed by atoms with Crippen LogP contribution in [0.1, 0.15) is 21.6 Å². The number of morpholine rings is 1. The Bertz CT molecular complexity index is 1430. The second kappa shape index (κ2) is 9.21. The van der Waals surface area contributed by atoms with E-state index in [9.17, 15) is 4.79 Å². The zero-order valence-corrected chi connectivity index (χ0v) is 20.2. The van der Waals surface area contributed by atoms with Gasteiger partial charge in [0.15, 0.2) is 0 Å². The molecule has 2 aliphatic rings. The molecule has 1 fully saturated rings. The van der Waals surface area contributed by atoms with Crippen LogP contribution in [0.4, 0.5) is 17.2 Å². The number of rotatable bonds is 6. The quantitative estimate of drug-likeness (QED) is 0.430. The fourth-order valence-electron chi connectivity index (χ4n) is 4.88. The molecule has 3 aromatic heterocycles. The highest BCUT2D eigenvalue weighted by molar-refractivity contribution is 6.06. The van der Waals surface area contributed by atoms with E-state index in [1.807, 2.05) is 54.0 Å². The Morgan fingerprint density at radius 1 is 1.19 bits per heavy atom. The molecular formula is C26H27N7O3. The first-order valence-electron chi connectivity index (χ1n) is 11.9. The van der Waals surface area contributed by atoms with Crippen molar-refractivity contribution in [1.82, 2.24) is 24.7 Å². The highest BCUT2D eigenvalue weighted by Gasteiger charge is 2.27. The van der Waals surface area contributed by atoms with Gasteiger partial charge in [-0.2, -0.15) is 0 Å². The third-order valence-corrected chi connectivity index (χ3v) is 6.63. The molecular weight excluding hydrogens is 458 g/mol. The van der Waals surface area contributed by atoms with Crippen LogP contribution < -0.4 is 15.5 Å². The summed E-state index contributed by atoms with van der Waals surface area (Å²) in [5.41, 5.74) is 6.07. The van der Waals surface area contributed by atoms with Gasteiger partial charge in [0, 0.05) is 44.2 Å². The summed E-state index contributed by atoms with van der Waals surface area (Å²) < 4.78 is 12.9. The summed E-state index contributed by atoms with van der Waals surface area (Å²) >= 11 is 0. The number of aromatic nitrogens is 4. The molecule has 1 amide bonds. The number of carbonyl (C=O) groups is 1. The second-order valence-corrected chi connectivity index (χ2v) is 9.00. The molecule has 0 spiro atoms. The Morgan fingerprint density at radius 3 is 2.94 bits per heavy atom. The van der Waals surface area contributed by atoms with Gasteiger partial charge in [-0.3, -0.25) is 9.20 Å². The summed E-state index contributed by atoms with van der Waals surface area (Å²) in [6.07, 6.45) is 5.66. The molecule has 4 aromatic rings. The third-order valence-electron chi connectivity index (χ3n) is 6.63. The molecule has 36 heavy (non-hydrogen) atoms. The van der Waals surface area contributed by atoms with E-state index in [4.69, 9.17) is 9.47 Å². The van der Waals surface area contributed by atoms with Crippen LogP contribution in [0.3, 0.4) is 0 Å². The number of anilines is 3. The monoisotopic (exact) mass is 485 g/mol. The van der Waals surface area contributed by atoms with Gasteiger partial charge in [0.25, 0.3) is 5.91 Å². The largest absolute Gasteiger partial charge is 0.382 e. The first-order chi connectivity index (χ1) is 17.6. The lowest BCUT2D eigenvalue weighted by atomic mass is 9.99. The van der Waals surface area contributed by atoms with E-state index in [2.05, 4.69) is 30.5 Å². The maximum Gasteiger partial charge on any atom is 0.254 e. The molecule has 0 radical (unpaired) electrons. The van der Waals surface area contributed by atoms with E-state index in [0.29, 0.717) is 36.9 Å². The van der Waals surface area contributed by atoms with Crippen molar-refractivity contribution < 1.29 is 14.3 Å². The molecule has 0 unspecified atom stereocenters. The van der Waals surface area contributed by atoms with Crippen molar-refractivity contribution in [3.05, 3.63) is 65.7 Å². The lowest BCUT2D eigenvalue weighted by Crippen LogP contribution is -2.44. The number of pyridine rings is 1. The molecule has 10 nitrogen and oxygen atoms in total. The van der Waals surface area contributed by atoms with Crippen molar-refractivity contribution in [2.45, 2.75) is 19.6 Å². The molecule has 2 aliphatic heterocycles. The Hall–Kier alpha value is -4.02. The minimum Gasteiger partial charge on any atom is -0.382 e. The fourth-order valence-corrected chi connectivity index (χ4v) is 4.88. The van der Waals surface area contributed by atoms with E-state index in [1.165, 1.54) is 0 Å². The summed E-state index contributed by atoms with van der Waals surface area (Å²) in [5, 5.41) is 6.30. The van der Waals surface area contributed by atoms with Crippen molar-refractivity contribution in [3.8, 4) is 11.3 Å². The maximum absolute atomic E-state index is 12.8. The van der Waals surface area contributed by atoms with Crippen molar-refractivity contribution in [2.75, 3.05) is 43.6 Å². The number of amides is 1. The molecule has 184 valence electrons. The van der Waals surface area contributed by atoms with Crippen molar-refractivity contribution >= 4 is 28.9 Å². The van der Waals surface area contributed by atoms with Gasteiger partial charge in [-0.25, -0.2) is 15.0 Å². The highest BCUT2D eigenvalue weighted by atomic mass is 16.5. The van der Waals surface area contributed by atoms with Crippen LogP contribution in [0.15, 0.2) is 48.9 Å². The molecule has 2 N–H and O–H groups in total. The average molecular weight is 486 g/mol. The van der Waals surface area contributed by atoms with Crippen LogP contribution in [-0.4, -0.2) is 64.8 Å². The lowest BCUT2D eigenvalue weighted by molar-refractivity contribution is -0.0100. The molecule has 1 atom stereocenters. The Balaban J connectivity index is 1.27. The minimum atomic E-state index is -0.105. The number of nitrogens with zero attached hydrogens (tertiary/aromatic N) is 5. The molecule has 1 aromatic carbocycles. The van der Waals surface area contributed by atoms with Gasteiger partial charge in [0.05, 0.1) is 54.3 Å². The number of carbonyl (C=O) groups excluding carboxylic acids is 1. The first-order valence-corrected chi connectivity index (χ1v) is 11.9. The summed E-state index contributed by atoms with van der Waals surface area (Å²) in [4.78, 5) is 28.6. The number of imidazole rings is 1. The maximum atomic E-state index is 12.8. The van der Waals surface area contributed by atoms with E-state index in [-0.39, 0.29) is 12.0 Å². The van der Waals surface area contributed by atoms with Gasteiger partial charge in [0.2, 0.25) is 5.78 Å². The second-order valence-electron chi connectivity index (χ2n) is 9.00. The minimum absolute atomic E-state index is 0.0499. The summed E-state index contributed by atoms with van der Waals surface area (Å²) in [6.45, 7) is 5.19. The van der Waals surface area contributed by atoms with Crippen molar-refractivity contribution in [1.29, 1.82) is 0 Å². The van der Waals surface area contributed by atoms with Crippen LogP contribution >= 0.6 is 0 Å². The van der Waals surface area contributed by atoms with E-state index in [1.54, 1.807) is 13.3 Å². The van der Waals surface area contributed by atoms with E-state index in [0.717, 1.165) is 47.0 Å². The smallest absolute Gasteiger partial charge is 0.254 e. The standard InChI is InChI=1S/C26H27N7O3/c1-16-7-8-33-22(13-29-26(33)30-16)19-4-5-21(24-20(19)12-28-25(24)34)31-23-6-3-17(11-27-23)32-9-10-36-18(14-32)15-35-2/h3-8,11,13,18H,9-10,12,14-15H2,1-2H3,(H,27,31)(H,28,34)/t18-/m1/s1. The Labute approximate surface area is 208 Å². The van der Waals surface area contributed by atoms with Crippen LogP contribution in [0.2, 0.25) is 0 Å². The normalized spacial score (nSPS) is 17.3. The molecule has 10 heteroatoms. The first kappa shape index (κ1) is 22.4. The van der Waals surface area contributed by atoms with Gasteiger partial charge in [-0.1, -0.05) is 6.07 Å². The van der Waals surface area contributed by atoms with Gasteiger partial charge < -0.3 is 25.0 Å². The van der Waals surface area contributed by atoms with E-state index < -0.39 is 0 Å². The summed E-state index contributed by atoms with van der Waals surface area (Å²) in [7, 11) is 1.68. The molecule has 5 heterocycles. The van der Waals surface area contributed by atoms with Crippen molar-refractivity contribution in [3.63, 3.8) is 0 Å². The number of fused-ring (bicyclic) bond motifs is 2. The van der Waals surface area contributed by atoms with Gasteiger partial charge in [-0.15, -0.1) is 0 Å². The highest BCUT2D eigenvalue weighted by Crippen LogP contribution is 2.35. The lowest BCUT2D eigenvalue weighted by Gasteiger charge is -2.34. The molecule has 6 rings (SSSR count). The molecule has 0 aliphatic carbocycles. The fraction of sp³-hybridized carbons (Fsp3) is 0.308. The number of aryl methyl sites for hydroxylation is 1. The number of nitrogens with one attached hydrogen (secondary N) is 2. The number of hydrogen-bond donors (Lipinski definition) is 2. The van der Waals surface area contributed by atoms with Crippen LogP contribution in [-0.2, 0) is 16.0 Å². The van der Waals surface area contributed by atoms with Gasteiger partial charge in [-0.05, 0) is 36.8 Å². The average Bonchev–Trinajstić information content (AvgIpc) is 3.49. The topological polar surface area (TPSA) is 106 Å². The zero-order valence-electron chi connectivity index (χ0n) is 20.2. The number of hydrogen-bond acceptors (Lipinski definition) is 8. The molecule has 0 saturated carbocycles. The SMILES string of the molecule is COC[C@H]1CN(c2ccc(Nc3ccc(-c4cnc5nc(C)ccn45)c4c3C(=O)NC4)nc2)CCO1. The molecule has 1 saturated heterocycles. The number of benzene rings is 1. The predicted molar refractivity (Wildman–Crippen MR) is 136 cm³/mol. The zero-order chi connectivity index (χ0) is 24.6. The van der Waals surface area contributed by atoms with Gasteiger partial charge >= 0.3 is 0 Å². The summed E-state index contributed by atoms with van der Waals surface area (Å²) in [5.74, 6) is 1.20. The van der Waals surface area contributed by atoms with Crippen LogP contribution in [0, 0.1) is 6.92 Å². The van der Waals surface area contributed by atoms with E-state index >= 15 is 0 Å². The van der Waals surface area contributed by atoms with Gasteiger partial charge in [0.1, 0.15) is 5.82 Å². The van der Waals surface area contributed by atoms with Crippen molar-refractivity contribution in [2.24, 2.45) is 0 Å². The Kier molecular flexibility index (Phi) is 5.74. The number of methoxy groups -OCH3 is 1. The number of ether oxygens (including phenoxy) is 2. The van der Waals surface area contributed by atoms with Crippen LogP contribution in [0.5, 0.6) is 0 Å². The van der Waals surface area contributed by atoms with Crippen LogP contribution in [0.25, 0.3) is 17.0 Å². The third kappa shape index (κ3) is 4.04. The predicted octanol–water partition coefficient (Wildman–Crippen LogP) is 2.94. The Morgan fingerprint density at radius 2 is 2.11 bits per heavy atom.